The van der Waals surface area contributed by atoms with Crippen molar-refractivity contribution in [3.05, 3.63) is 65.2 Å². The quantitative estimate of drug-likeness (QED) is 0.445. The Morgan fingerprint density at radius 1 is 1.11 bits per heavy atom. The summed E-state index contributed by atoms with van der Waals surface area (Å²) in [6.07, 6.45) is -0.766. The summed E-state index contributed by atoms with van der Waals surface area (Å²) < 4.78 is 35.8. The number of hydrogen-bond donors (Lipinski definition) is 1. The summed E-state index contributed by atoms with van der Waals surface area (Å²) in [4.78, 5) is 13.7. The molecule has 4 atom stereocenters. The SMILES string of the molecule is COCCNC(=O)[C@@]1(OCc2cccc(OC)c2)CC(OCc2ccccc2C#N)[C@@H]2OC(C)(C)O[C@@H]2C1. The first kappa shape index (κ1) is 28.0. The molecule has 1 saturated heterocycles. The fraction of sp³-hybridized carbons (Fsp3) is 0.517. The molecular formula is C29H36N2O7. The third-order valence-corrected chi connectivity index (χ3v) is 6.90. The molecule has 2 aliphatic rings. The highest BCUT2D eigenvalue weighted by atomic mass is 16.8. The van der Waals surface area contributed by atoms with Crippen LogP contribution >= 0.6 is 0 Å². The number of carbonyl (C=O) groups is 1. The average Bonchev–Trinajstić information content (AvgIpc) is 3.24. The molecule has 0 spiro atoms. The molecule has 1 unspecified atom stereocenters. The minimum atomic E-state index is -1.23. The normalized spacial score (nSPS) is 25.8. The topological polar surface area (TPSA) is 108 Å². The van der Waals surface area contributed by atoms with Crippen LogP contribution in [-0.4, -0.2) is 63.0 Å². The number of methoxy groups -OCH3 is 2. The molecule has 1 aliphatic carbocycles. The first-order chi connectivity index (χ1) is 18.3. The maximum absolute atomic E-state index is 13.7. The number of carbonyl (C=O) groups excluding carboxylic acids is 1. The highest BCUT2D eigenvalue weighted by Crippen LogP contribution is 2.44. The number of nitrogens with zero attached hydrogens (tertiary/aromatic N) is 1. The van der Waals surface area contributed by atoms with E-state index in [0.29, 0.717) is 30.9 Å². The van der Waals surface area contributed by atoms with Gasteiger partial charge in [-0.15, -0.1) is 0 Å². The summed E-state index contributed by atoms with van der Waals surface area (Å²) >= 11 is 0. The van der Waals surface area contributed by atoms with Gasteiger partial charge in [-0.25, -0.2) is 0 Å². The van der Waals surface area contributed by atoms with Crippen molar-refractivity contribution < 1.29 is 33.2 Å². The van der Waals surface area contributed by atoms with Crippen LogP contribution in [0, 0.1) is 11.3 Å². The molecule has 2 aromatic carbocycles. The predicted octanol–water partition coefficient (Wildman–Crippen LogP) is 3.48. The van der Waals surface area contributed by atoms with Crippen molar-refractivity contribution in [1.29, 1.82) is 5.26 Å². The maximum atomic E-state index is 13.7. The zero-order chi connectivity index (χ0) is 27.2. The largest absolute Gasteiger partial charge is 0.497 e. The lowest BCUT2D eigenvalue weighted by Crippen LogP contribution is -2.60. The first-order valence-corrected chi connectivity index (χ1v) is 12.8. The van der Waals surface area contributed by atoms with Crippen molar-refractivity contribution in [2.45, 2.75) is 69.6 Å². The number of benzene rings is 2. The molecule has 0 bridgehead atoms. The lowest BCUT2D eigenvalue weighted by atomic mass is 9.78. The Hall–Kier alpha value is -3.00. The number of hydrogen-bond acceptors (Lipinski definition) is 8. The van der Waals surface area contributed by atoms with Gasteiger partial charge >= 0.3 is 0 Å². The van der Waals surface area contributed by atoms with Gasteiger partial charge in [-0.1, -0.05) is 30.3 Å². The van der Waals surface area contributed by atoms with Gasteiger partial charge in [0.05, 0.1) is 50.8 Å². The van der Waals surface area contributed by atoms with Crippen LogP contribution < -0.4 is 10.1 Å². The Balaban J connectivity index is 1.61. The number of nitriles is 1. The smallest absolute Gasteiger partial charge is 0.252 e. The molecule has 0 aromatic heterocycles. The highest BCUT2D eigenvalue weighted by molar-refractivity contribution is 5.85. The second kappa shape index (κ2) is 12.2. The van der Waals surface area contributed by atoms with E-state index in [1.54, 1.807) is 20.3 Å². The molecule has 9 nitrogen and oxygen atoms in total. The molecule has 2 aromatic rings. The molecule has 1 aliphatic heterocycles. The number of rotatable bonds is 11. The zero-order valence-electron chi connectivity index (χ0n) is 22.4. The van der Waals surface area contributed by atoms with Gasteiger partial charge in [-0.2, -0.15) is 5.26 Å². The molecule has 9 heteroatoms. The van der Waals surface area contributed by atoms with E-state index in [1.807, 2.05) is 56.3 Å². The zero-order valence-corrected chi connectivity index (χ0v) is 22.4. The van der Waals surface area contributed by atoms with Crippen molar-refractivity contribution >= 4 is 5.91 Å². The van der Waals surface area contributed by atoms with Gasteiger partial charge in [0.1, 0.15) is 11.9 Å². The lowest BCUT2D eigenvalue weighted by Gasteiger charge is -2.43. The van der Waals surface area contributed by atoms with Crippen molar-refractivity contribution in [2.24, 2.45) is 0 Å². The Labute approximate surface area is 223 Å². The fourth-order valence-electron chi connectivity index (χ4n) is 5.07. The van der Waals surface area contributed by atoms with Crippen LogP contribution in [0.15, 0.2) is 48.5 Å². The average molecular weight is 525 g/mol. The monoisotopic (exact) mass is 524 g/mol. The summed E-state index contributed by atoms with van der Waals surface area (Å²) in [5.74, 6) is -0.382. The van der Waals surface area contributed by atoms with E-state index in [2.05, 4.69) is 11.4 Å². The number of fused-ring (bicyclic) bond motifs is 1. The Bertz CT molecular complexity index is 1150. The Morgan fingerprint density at radius 3 is 2.68 bits per heavy atom. The van der Waals surface area contributed by atoms with Crippen LogP contribution in [0.2, 0.25) is 0 Å². The standard InChI is InChI=1S/C29H36N2O7/c1-28(2)37-25-16-29(27(32)31-12-13-33-3,36-18-20-8-7-11-23(14-20)34-4)15-24(26(25)38-28)35-19-22-10-6-5-9-21(22)17-30/h5-11,14,24-26H,12-13,15-16,18-19H2,1-4H3,(H,31,32)/t24?,25-,26+,29-/m1/s1. The lowest BCUT2D eigenvalue weighted by molar-refractivity contribution is -0.183. The summed E-state index contributed by atoms with van der Waals surface area (Å²) in [6.45, 7) is 4.81. The minimum absolute atomic E-state index is 0.193. The summed E-state index contributed by atoms with van der Waals surface area (Å²) in [5.41, 5.74) is 0.950. The third kappa shape index (κ3) is 6.52. The molecule has 4 rings (SSSR count). The van der Waals surface area contributed by atoms with Gasteiger partial charge in [-0.3, -0.25) is 4.79 Å². The molecule has 204 valence electrons. The van der Waals surface area contributed by atoms with Gasteiger partial charge in [0, 0.05) is 26.5 Å². The minimum Gasteiger partial charge on any atom is -0.497 e. The van der Waals surface area contributed by atoms with E-state index in [0.717, 1.165) is 11.1 Å². The van der Waals surface area contributed by atoms with Gasteiger partial charge in [-0.05, 0) is 43.2 Å². The predicted molar refractivity (Wildman–Crippen MR) is 138 cm³/mol. The molecule has 1 amide bonds. The van der Waals surface area contributed by atoms with Crippen LogP contribution in [0.4, 0.5) is 0 Å². The second-order valence-corrected chi connectivity index (χ2v) is 10.0. The Kier molecular flexibility index (Phi) is 9.03. The van der Waals surface area contributed by atoms with Gasteiger partial charge in [0.25, 0.3) is 5.91 Å². The van der Waals surface area contributed by atoms with Crippen LogP contribution in [0.3, 0.4) is 0 Å². The van der Waals surface area contributed by atoms with Crippen LogP contribution in [-0.2, 0) is 41.7 Å². The maximum Gasteiger partial charge on any atom is 0.252 e. The van der Waals surface area contributed by atoms with Crippen LogP contribution in [0.1, 0.15) is 43.4 Å². The fourth-order valence-corrected chi connectivity index (χ4v) is 5.07. The second-order valence-electron chi connectivity index (χ2n) is 10.0. The third-order valence-electron chi connectivity index (χ3n) is 6.90. The Morgan fingerprint density at radius 2 is 1.92 bits per heavy atom. The van der Waals surface area contributed by atoms with Crippen molar-refractivity contribution in [1.82, 2.24) is 5.32 Å². The number of amides is 1. The van der Waals surface area contributed by atoms with Crippen molar-refractivity contribution in [3.63, 3.8) is 0 Å². The van der Waals surface area contributed by atoms with Gasteiger partial charge < -0.3 is 33.7 Å². The van der Waals surface area contributed by atoms with Crippen LogP contribution in [0.5, 0.6) is 5.75 Å². The van der Waals surface area contributed by atoms with Crippen LogP contribution in [0.25, 0.3) is 0 Å². The van der Waals surface area contributed by atoms with E-state index >= 15 is 0 Å². The molecular weight excluding hydrogens is 488 g/mol. The number of nitrogens with one attached hydrogen (secondary N) is 1. The molecule has 1 heterocycles. The summed E-state index contributed by atoms with van der Waals surface area (Å²) in [7, 11) is 3.19. The van der Waals surface area contributed by atoms with E-state index in [4.69, 9.17) is 28.4 Å². The van der Waals surface area contributed by atoms with E-state index in [1.165, 1.54) is 0 Å². The van der Waals surface area contributed by atoms with Crippen molar-refractivity contribution in [3.8, 4) is 11.8 Å². The van der Waals surface area contributed by atoms with Gasteiger partial charge in [0.15, 0.2) is 11.4 Å². The molecule has 1 saturated carbocycles. The molecule has 0 radical (unpaired) electrons. The molecule has 2 fully saturated rings. The van der Waals surface area contributed by atoms with E-state index in [-0.39, 0.29) is 31.6 Å². The van der Waals surface area contributed by atoms with Crippen molar-refractivity contribution in [2.75, 3.05) is 27.4 Å². The molecule has 1 N–H and O–H groups in total. The molecule has 38 heavy (non-hydrogen) atoms. The van der Waals surface area contributed by atoms with E-state index in [9.17, 15) is 10.1 Å². The first-order valence-electron chi connectivity index (χ1n) is 12.8. The summed E-state index contributed by atoms with van der Waals surface area (Å²) in [6, 6.07) is 17.1. The number of ether oxygens (including phenoxy) is 6. The van der Waals surface area contributed by atoms with E-state index < -0.39 is 23.6 Å². The van der Waals surface area contributed by atoms with Gasteiger partial charge in [0.2, 0.25) is 0 Å². The summed E-state index contributed by atoms with van der Waals surface area (Å²) in [5, 5.41) is 12.5. The highest BCUT2D eigenvalue weighted by Gasteiger charge is 2.58.